The van der Waals surface area contributed by atoms with E-state index in [0.717, 1.165) is 30.8 Å². The molecule has 3 atom stereocenters. The topological polar surface area (TPSA) is 36.0 Å². The van der Waals surface area contributed by atoms with Gasteiger partial charge in [-0.3, -0.25) is 4.90 Å². The largest absolute Gasteiger partial charge is 0.489 e. The van der Waals surface area contributed by atoms with Crippen LogP contribution in [0.15, 0.2) is 18.2 Å². The molecule has 0 aliphatic carbocycles. The van der Waals surface area contributed by atoms with E-state index >= 15 is 0 Å². The maximum atomic E-state index is 13.2. The molecule has 2 amide bonds. The first-order chi connectivity index (χ1) is 11.6. The molecule has 5 nitrogen and oxygen atoms in total. The second-order valence-corrected chi connectivity index (χ2v) is 7.99. The van der Waals surface area contributed by atoms with E-state index in [1.807, 2.05) is 23.1 Å². The van der Waals surface area contributed by atoms with Gasteiger partial charge >= 0.3 is 6.03 Å². The Balaban J connectivity index is 1.43. The number of piperidine rings is 1. The second-order valence-electron chi connectivity index (χ2n) is 7.56. The summed E-state index contributed by atoms with van der Waals surface area (Å²) in [7, 11) is 2.24. The minimum atomic E-state index is 0.0979. The summed E-state index contributed by atoms with van der Waals surface area (Å²) in [4.78, 5) is 19.7. The van der Waals surface area contributed by atoms with Crippen LogP contribution in [0.3, 0.4) is 0 Å². The number of nitrogens with zero attached hydrogens (tertiary/aromatic N) is 3. The van der Waals surface area contributed by atoms with Gasteiger partial charge in [-0.15, -0.1) is 0 Å². The number of ether oxygens (including phenoxy) is 1. The van der Waals surface area contributed by atoms with Crippen molar-refractivity contribution in [2.24, 2.45) is 0 Å². The van der Waals surface area contributed by atoms with Gasteiger partial charge in [-0.05, 0) is 50.9 Å². The zero-order valence-corrected chi connectivity index (χ0v) is 14.6. The van der Waals surface area contributed by atoms with Crippen LogP contribution in [0.5, 0.6) is 5.75 Å². The summed E-state index contributed by atoms with van der Waals surface area (Å²) in [6.45, 7) is 1.33. The number of hydrogen-bond acceptors (Lipinski definition) is 3. The summed E-state index contributed by atoms with van der Waals surface area (Å²) < 4.78 is 5.86. The summed E-state index contributed by atoms with van der Waals surface area (Å²) >= 11 is 6.15. The van der Waals surface area contributed by atoms with Crippen LogP contribution in [0, 0.1) is 0 Å². The van der Waals surface area contributed by atoms with E-state index in [1.54, 1.807) is 0 Å². The predicted octanol–water partition coefficient (Wildman–Crippen LogP) is 2.97. The molecule has 1 aromatic carbocycles. The predicted molar refractivity (Wildman–Crippen MR) is 92.9 cm³/mol. The van der Waals surface area contributed by atoms with Gasteiger partial charge in [0.2, 0.25) is 0 Å². The lowest BCUT2D eigenvalue weighted by Crippen LogP contribution is -2.50. The molecule has 0 radical (unpaired) electrons. The fourth-order valence-corrected chi connectivity index (χ4v) is 5.20. The Kier molecular flexibility index (Phi) is 3.26. The highest BCUT2D eigenvalue weighted by atomic mass is 35.5. The van der Waals surface area contributed by atoms with Gasteiger partial charge in [-0.1, -0.05) is 11.6 Å². The minimum Gasteiger partial charge on any atom is -0.489 e. The van der Waals surface area contributed by atoms with Gasteiger partial charge in [0.25, 0.3) is 0 Å². The number of carbonyl (C=O) groups is 1. The fraction of sp³-hybridized carbons (Fsp3) is 0.611. The quantitative estimate of drug-likeness (QED) is 0.783. The summed E-state index contributed by atoms with van der Waals surface area (Å²) in [6.07, 6.45) is 4.74. The Morgan fingerprint density at radius 2 is 1.88 bits per heavy atom. The molecular weight excluding hydrogens is 326 g/mol. The highest BCUT2D eigenvalue weighted by molar-refractivity contribution is 6.31. The highest BCUT2D eigenvalue weighted by Gasteiger charge is 2.48. The van der Waals surface area contributed by atoms with E-state index in [0.29, 0.717) is 29.8 Å². The van der Waals surface area contributed by atoms with Gasteiger partial charge in [0.1, 0.15) is 12.4 Å². The van der Waals surface area contributed by atoms with Crippen molar-refractivity contribution in [2.45, 2.75) is 49.9 Å². The molecule has 3 fully saturated rings. The molecule has 3 unspecified atom stereocenters. The molecule has 1 aromatic rings. The number of carbonyl (C=O) groups excluding carboxylic acids is 1. The molecule has 0 saturated carbocycles. The van der Waals surface area contributed by atoms with Gasteiger partial charge in [0, 0.05) is 29.7 Å². The van der Waals surface area contributed by atoms with Gasteiger partial charge in [0.05, 0.1) is 11.7 Å². The Morgan fingerprint density at radius 3 is 2.62 bits per heavy atom. The number of amides is 2. The van der Waals surface area contributed by atoms with Crippen molar-refractivity contribution in [3.63, 3.8) is 0 Å². The molecule has 0 aromatic heterocycles. The van der Waals surface area contributed by atoms with Crippen molar-refractivity contribution >= 4 is 23.3 Å². The summed E-state index contributed by atoms with van der Waals surface area (Å²) in [6, 6.07) is 7.38. The summed E-state index contributed by atoms with van der Waals surface area (Å²) in [5.74, 6) is 0.759. The van der Waals surface area contributed by atoms with E-state index in [1.165, 1.54) is 12.8 Å². The van der Waals surface area contributed by atoms with E-state index in [4.69, 9.17) is 16.3 Å². The number of urea groups is 1. The lowest BCUT2D eigenvalue weighted by atomic mass is 9.97. The van der Waals surface area contributed by atoms with E-state index in [9.17, 15) is 4.79 Å². The maximum absolute atomic E-state index is 13.2. The van der Waals surface area contributed by atoms with Gasteiger partial charge in [0.15, 0.2) is 0 Å². The number of anilines is 1. The van der Waals surface area contributed by atoms with Crippen molar-refractivity contribution in [1.82, 2.24) is 9.80 Å². The Labute approximate surface area is 147 Å². The monoisotopic (exact) mass is 347 g/mol. The van der Waals surface area contributed by atoms with E-state index in [-0.39, 0.29) is 12.1 Å². The first kappa shape index (κ1) is 14.8. The lowest BCUT2D eigenvalue weighted by molar-refractivity contribution is 0.0994. The molecule has 3 saturated heterocycles. The third-order valence-electron chi connectivity index (χ3n) is 6.35. The number of halogens is 1. The smallest absolute Gasteiger partial charge is 0.325 e. The fourth-order valence-electron chi connectivity index (χ4n) is 5.04. The zero-order chi connectivity index (χ0) is 16.4. The van der Waals surface area contributed by atoms with Crippen LogP contribution < -0.4 is 9.64 Å². The first-order valence-electron chi connectivity index (χ1n) is 8.86. The molecule has 0 N–H and O–H groups in total. The molecule has 6 heteroatoms. The number of benzene rings is 1. The average Bonchev–Trinajstić information content (AvgIpc) is 2.99. The van der Waals surface area contributed by atoms with Crippen LogP contribution in [-0.4, -0.2) is 60.2 Å². The van der Waals surface area contributed by atoms with Crippen molar-refractivity contribution in [3.8, 4) is 5.75 Å². The highest BCUT2D eigenvalue weighted by Crippen LogP contribution is 2.42. The molecule has 128 valence electrons. The van der Waals surface area contributed by atoms with E-state index < -0.39 is 0 Å². The standard InChI is InChI=1S/C18H22ClN3O2/c1-20-12-3-4-13(20)8-14(7-12)21-9-15-10-24-17-5-2-11(19)6-16(17)22(15)18(21)23/h2,5-6,12-15H,3-4,7-10H2,1H3. The van der Waals surface area contributed by atoms with Crippen molar-refractivity contribution in [2.75, 3.05) is 25.1 Å². The molecule has 0 spiro atoms. The van der Waals surface area contributed by atoms with Gasteiger partial charge in [-0.2, -0.15) is 0 Å². The first-order valence-corrected chi connectivity index (χ1v) is 9.23. The number of fused-ring (bicyclic) bond motifs is 5. The van der Waals surface area contributed by atoms with Crippen LogP contribution >= 0.6 is 11.6 Å². The number of rotatable bonds is 1. The Morgan fingerprint density at radius 1 is 1.12 bits per heavy atom. The van der Waals surface area contributed by atoms with Crippen LogP contribution in [0.2, 0.25) is 5.02 Å². The summed E-state index contributed by atoms with van der Waals surface area (Å²) in [5, 5.41) is 0.640. The zero-order valence-electron chi connectivity index (χ0n) is 13.8. The molecule has 2 bridgehead atoms. The molecule has 4 heterocycles. The van der Waals surface area contributed by atoms with Crippen molar-refractivity contribution in [1.29, 1.82) is 0 Å². The summed E-state index contributed by atoms with van der Waals surface area (Å²) in [5.41, 5.74) is 0.821. The molecular formula is C18H22ClN3O2. The third-order valence-corrected chi connectivity index (χ3v) is 6.59. The van der Waals surface area contributed by atoms with Crippen molar-refractivity contribution < 1.29 is 9.53 Å². The normalized spacial score (nSPS) is 35.0. The Bertz CT molecular complexity index is 683. The SMILES string of the molecule is CN1C2CCC1CC(N1CC3COc4ccc(Cl)cc4N3C1=O)C2. The van der Waals surface area contributed by atoms with E-state index in [2.05, 4.69) is 16.8 Å². The molecule has 4 aliphatic heterocycles. The lowest BCUT2D eigenvalue weighted by Gasteiger charge is -2.40. The maximum Gasteiger partial charge on any atom is 0.325 e. The van der Waals surface area contributed by atoms with Gasteiger partial charge in [-0.25, -0.2) is 4.79 Å². The number of hydrogen-bond donors (Lipinski definition) is 0. The van der Waals surface area contributed by atoms with Gasteiger partial charge < -0.3 is 14.5 Å². The van der Waals surface area contributed by atoms with Crippen LogP contribution in [0.4, 0.5) is 10.5 Å². The minimum absolute atomic E-state index is 0.0979. The molecule has 5 rings (SSSR count). The van der Waals surface area contributed by atoms with Crippen LogP contribution in [-0.2, 0) is 0 Å². The van der Waals surface area contributed by atoms with Crippen LogP contribution in [0.25, 0.3) is 0 Å². The van der Waals surface area contributed by atoms with Crippen LogP contribution in [0.1, 0.15) is 25.7 Å². The second kappa shape index (κ2) is 5.27. The Hall–Kier alpha value is -1.46. The molecule has 24 heavy (non-hydrogen) atoms. The molecule has 4 aliphatic rings. The average molecular weight is 348 g/mol. The van der Waals surface area contributed by atoms with Crippen molar-refractivity contribution in [3.05, 3.63) is 23.2 Å². The third kappa shape index (κ3) is 2.07.